The van der Waals surface area contributed by atoms with E-state index >= 15 is 0 Å². The van der Waals surface area contributed by atoms with E-state index in [4.69, 9.17) is 5.73 Å². The Balaban J connectivity index is 2.12. The highest BCUT2D eigenvalue weighted by molar-refractivity contribution is 5.54. The third kappa shape index (κ3) is 2.65. The number of rotatable bonds is 5. The first-order valence-electron chi connectivity index (χ1n) is 6.17. The summed E-state index contributed by atoms with van der Waals surface area (Å²) < 4.78 is 0. The van der Waals surface area contributed by atoms with Gasteiger partial charge < -0.3 is 10.6 Å². The average molecular weight is 219 g/mol. The number of hydrogen-bond acceptors (Lipinski definition) is 3. The fourth-order valence-corrected chi connectivity index (χ4v) is 1.88. The van der Waals surface area contributed by atoms with E-state index in [1.54, 1.807) is 0 Å². The number of nitrogens with two attached hydrogens (primary N) is 1. The summed E-state index contributed by atoms with van der Waals surface area (Å²) in [5, 5.41) is 0. The Kier molecular flexibility index (Phi) is 3.32. The van der Waals surface area contributed by atoms with Gasteiger partial charge in [-0.3, -0.25) is 0 Å². The fraction of sp³-hybridized carbons (Fsp3) is 0.615. The van der Waals surface area contributed by atoms with Crippen LogP contribution in [0.1, 0.15) is 31.7 Å². The Labute approximate surface area is 97.7 Å². The van der Waals surface area contributed by atoms with Crippen LogP contribution in [-0.4, -0.2) is 18.1 Å². The smallest absolute Gasteiger partial charge is 0.130 e. The second-order valence-electron chi connectivity index (χ2n) is 4.79. The lowest BCUT2D eigenvalue weighted by atomic mass is 10.2. The van der Waals surface area contributed by atoms with Crippen molar-refractivity contribution in [2.24, 2.45) is 5.92 Å². The van der Waals surface area contributed by atoms with Crippen LogP contribution in [0.5, 0.6) is 0 Å². The Morgan fingerprint density at radius 3 is 2.81 bits per heavy atom. The van der Waals surface area contributed by atoms with Crippen LogP contribution >= 0.6 is 0 Å². The first-order chi connectivity index (χ1) is 7.70. The molecular weight excluding hydrogens is 198 g/mol. The lowest BCUT2D eigenvalue weighted by Gasteiger charge is -2.23. The molecule has 0 radical (unpaired) electrons. The molecule has 3 heteroatoms. The molecule has 0 saturated heterocycles. The third-order valence-electron chi connectivity index (χ3n) is 3.12. The van der Waals surface area contributed by atoms with Crippen molar-refractivity contribution < 1.29 is 0 Å². The third-order valence-corrected chi connectivity index (χ3v) is 3.12. The summed E-state index contributed by atoms with van der Waals surface area (Å²) in [5.74, 6) is 1.92. The zero-order valence-corrected chi connectivity index (χ0v) is 10.2. The molecule has 88 valence electrons. The van der Waals surface area contributed by atoms with E-state index in [9.17, 15) is 0 Å². The van der Waals surface area contributed by atoms with Gasteiger partial charge >= 0.3 is 0 Å². The highest BCUT2D eigenvalue weighted by atomic mass is 15.2. The van der Waals surface area contributed by atoms with Crippen molar-refractivity contribution in [2.75, 3.05) is 23.7 Å². The molecule has 1 aliphatic carbocycles. The van der Waals surface area contributed by atoms with Gasteiger partial charge in [-0.2, -0.15) is 0 Å². The van der Waals surface area contributed by atoms with Gasteiger partial charge in [-0.05, 0) is 37.7 Å². The number of nitrogens with zero attached hydrogens (tertiary/aromatic N) is 2. The molecule has 2 rings (SSSR count). The Hall–Kier alpha value is -1.25. The number of aromatic nitrogens is 1. The minimum Gasteiger partial charge on any atom is -0.398 e. The lowest BCUT2D eigenvalue weighted by molar-refractivity contribution is 0.699. The topological polar surface area (TPSA) is 42.1 Å². The number of anilines is 2. The molecule has 0 spiro atoms. The van der Waals surface area contributed by atoms with Gasteiger partial charge in [0, 0.05) is 31.0 Å². The normalized spacial score (nSPS) is 15.1. The maximum atomic E-state index is 5.93. The van der Waals surface area contributed by atoms with Gasteiger partial charge in [0.05, 0.1) is 0 Å². The highest BCUT2D eigenvalue weighted by Gasteiger charge is 2.24. The van der Waals surface area contributed by atoms with Crippen molar-refractivity contribution in [1.82, 2.24) is 4.98 Å². The second kappa shape index (κ2) is 4.73. The molecule has 1 aromatic heterocycles. The molecule has 0 aliphatic heterocycles. The Morgan fingerprint density at radius 1 is 1.50 bits per heavy atom. The molecule has 1 aromatic rings. The van der Waals surface area contributed by atoms with Gasteiger partial charge in [-0.15, -0.1) is 0 Å². The van der Waals surface area contributed by atoms with E-state index in [0.29, 0.717) is 0 Å². The number of nitrogen functional groups attached to an aromatic ring is 1. The van der Waals surface area contributed by atoms with Crippen LogP contribution in [0.25, 0.3) is 0 Å². The van der Waals surface area contributed by atoms with Crippen molar-refractivity contribution >= 4 is 11.5 Å². The van der Waals surface area contributed by atoms with Crippen LogP contribution < -0.4 is 10.6 Å². The monoisotopic (exact) mass is 219 g/mol. The lowest BCUT2D eigenvalue weighted by Crippen LogP contribution is -2.27. The van der Waals surface area contributed by atoms with Gasteiger partial charge in [0.25, 0.3) is 0 Å². The summed E-state index contributed by atoms with van der Waals surface area (Å²) in [6.07, 6.45) is 5.78. The predicted molar refractivity (Wildman–Crippen MR) is 68.6 cm³/mol. The minimum atomic E-state index is 0.849. The van der Waals surface area contributed by atoms with E-state index < -0.39 is 0 Å². The van der Waals surface area contributed by atoms with Crippen LogP contribution in [0.2, 0.25) is 0 Å². The summed E-state index contributed by atoms with van der Waals surface area (Å²) in [4.78, 5) is 6.85. The van der Waals surface area contributed by atoms with Crippen molar-refractivity contribution in [1.29, 1.82) is 0 Å². The van der Waals surface area contributed by atoms with Crippen molar-refractivity contribution in [3.05, 3.63) is 17.8 Å². The Morgan fingerprint density at radius 2 is 2.25 bits per heavy atom. The standard InChI is InChI=1S/C13H21N3/c1-3-6-16(9-11-4-5-11)13-7-12(14)10(2)8-15-13/h7-8,11H,3-6,9H2,1-2H3,(H2,14,15). The van der Waals surface area contributed by atoms with E-state index in [0.717, 1.165) is 42.5 Å². The molecule has 1 heterocycles. The fourth-order valence-electron chi connectivity index (χ4n) is 1.88. The Bertz CT molecular complexity index is 358. The summed E-state index contributed by atoms with van der Waals surface area (Å²) in [6.45, 7) is 6.42. The van der Waals surface area contributed by atoms with E-state index in [1.165, 1.54) is 12.8 Å². The molecule has 0 aromatic carbocycles. The van der Waals surface area contributed by atoms with E-state index in [1.807, 2.05) is 19.2 Å². The highest BCUT2D eigenvalue weighted by Crippen LogP contribution is 2.31. The molecule has 0 unspecified atom stereocenters. The van der Waals surface area contributed by atoms with E-state index in [-0.39, 0.29) is 0 Å². The van der Waals surface area contributed by atoms with E-state index in [2.05, 4.69) is 16.8 Å². The molecule has 1 fully saturated rings. The maximum Gasteiger partial charge on any atom is 0.130 e. The number of aryl methyl sites for hydroxylation is 1. The SMILES string of the molecule is CCCN(CC1CC1)c1cc(N)c(C)cn1. The predicted octanol–water partition coefficient (Wildman–Crippen LogP) is 2.60. The summed E-state index contributed by atoms with van der Waals surface area (Å²) in [6, 6.07) is 2.01. The summed E-state index contributed by atoms with van der Waals surface area (Å²) in [7, 11) is 0. The quantitative estimate of drug-likeness (QED) is 0.827. The minimum absolute atomic E-state index is 0.849. The first-order valence-corrected chi connectivity index (χ1v) is 6.17. The van der Waals surface area contributed by atoms with Gasteiger partial charge in [0.2, 0.25) is 0 Å². The maximum absolute atomic E-state index is 5.93. The molecule has 2 N–H and O–H groups in total. The number of pyridine rings is 1. The molecule has 0 bridgehead atoms. The van der Waals surface area contributed by atoms with Gasteiger partial charge in [-0.1, -0.05) is 6.92 Å². The summed E-state index contributed by atoms with van der Waals surface area (Å²) >= 11 is 0. The van der Waals surface area contributed by atoms with Gasteiger partial charge in [0.15, 0.2) is 0 Å². The van der Waals surface area contributed by atoms with Gasteiger partial charge in [-0.25, -0.2) is 4.98 Å². The summed E-state index contributed by atoms with van der Waals surface area (Å²) in [5.41, 5.74) is 7.85. The molecule has 16 heavy (non-hydrogen) atoms. The van der Waals surface area contributed by atoms with Crippen LogP contribution in [0.15, 0.2) is 12.3 Å². The zero-order valence-electron chi connectivity index (χ0n) is 10.2. The van der Waals surface area contributed by atoms with Crippen LogP contribution in [-0.2, 0) is 0 Å². The number of hydrogen-bond donors (Lipinski definition) is 1. The van der Waals surface area contributed by atoms with Crippen molar-refractivity contribution in [3.8, 4) is 0 Å². The molecule has 1 saturated carbocycles. The van der Waals surface area contributed by atoms with Crippen LogP contribution in [0.3, 0.4) is 0 Å². The molecule has 3 nitrogen and oxygen atoms in total. The van der Waals surface area contributed by atoms with Crippen LogP contribution in [0, 0.1) is 12.8 Å². The molecular formula is C13H21N3. The molecule has 0 amide bonds. The van der Waals surface area contributed by atoms with Crippen molar-refractivity contribution in [2.45, 2.75) is 33.1 Å². The largest absolute Gasteiger partial charge is 0.398 e. The molecule has 0 atom stereocenters. The zero-order chi connectivity index (χ0) is 11.5. The second-order valence-corrected chi connectivity index (χ2v) is 4.79. The van der Waals surface area contributed by atoms with Crippen LogP contribution in [0.4, 0.5) is 11.5 Å². The van der Waals surface area contributed by atoms with Crippen molar-refractivity contribution in [3.63, 3.8) is 0 Å². The molecule has 1 aliphatic rings. The first kappa shape index (κ1) is 11.2. The van der Waals surface area contributed by atoms with Gasteiger partial charge in [0.1, 0.15) is 5.82 Å². The average Bonchev–Trinajstić information content (AvgIpc) is 3.05.